The van der Waals surface area contributed by atoms with Gasteiger partial charge in [-0.1, -0.05) is 5.16 Å². The summed E-state index contributed by atoms with van der Waals surface area (Å²) in [5.74, 6) is 0.424. The highest BCUT2D eigenvalue weighted by Crippen LogP contribution is 2.37. The van der Waals surface area contributed by atoms with E-state index in [1.807, 2.05) is 0 Å². The van der Waals surface area contributed by atoms with Crippen molar-refractivity contribution >= 4 is 21.8 Å². The Morgan fingerprint density at radius 3 is 2.88 bits per heavy atom. The van der Waals surface area contributed by atoms with Gasteiger partial charge in [0.25, 0.3) is 11.8 Å². The van der Waals surface area contributed by atoms with Gasteiger partial charge < -0.3 is 18.6 Å². The molecule has 1 atom stereocenters. The Kier molecular flexibility index (Phi) is 4.36. The third-order valence-corrected chi connectivity index (χ3v) is 5.13. The minimum absolute atomic E-state index is 0.0510. The minimum Gasteiger partial charge on any atom is -0.444 e. The lowest BCUT2D eigenvalue weighted by Crippen LogP contribution is -2.32. The predicted molar refractivity (Wildman–Crippen MR) is 86.8 cm³/mol. The molecule has 0 spiro atoms. The first-order valence-electron chi connectivity index (χ1n) is 8.20. The van der Waals surface area contributed by atoms with Gasteiger partial charge in [-0.2, -0.15) is 4.98 Å². The van der Waals surface area contributed by atoms with Crippen LogP contribution in [0.25, 0.3) is 0 Å². The molecule has 7 nitrogen and oxygen atoms in total. The first-order chi connectivity index (χ1) is 12.0. The Bertz CT molecular complexity index is 773. The Morgan fingerprint density at radius 2 is 2.16 bits per heavy atom. The van der Waals surface area contributed by atoms with Gasteiger partial charge in [0, 0.05) is 32.1 Å². The second kappa shape index (κ2) is 6.53. The molecule has 2 aromatic rings. The van der Waals surface area contributed by atoms with Gasteiger partial charge >= 0.3 is 0 Å². The standard InChI is InChI=1S/C16H17BrFN3O4/c17-12-2-1-11(24-12)14(22)21-6-5-16(18,9-21)15-19-13(20-25-15)10-3-7-23-8-4-10/h1-2,10H,3-9H2. The lowest BCUT2D eigenvalue weighted by molar-refractivity contribution is 0.0686. The Morgan fingerprint density at radius 1 is 1.36 bits per heavy atom. The Balaban J connectivity index is 1.47. The van der Waals surface area contributed by atoms with E-state index in [1.165, 1.54) is 4.90 Å². The topological polar surface area (TPSA) is 81.6 Å². The van der Waals surface area contributed by atoms with Gasteiger partial charge in [0.1, 0.15) is 0 Å². The van der Waals surface area contributed by atoms with Crippen LogP contribution in [0.1, 0.15) is 47.5 Å². The molecule has 2 fully saturated rings. The van der Waals surface area contributed by atoms with Crippen LogP contribution in [0, 0.1) is 0 Å². The van der Waals surface area contributed by atoms with E-state index in [1.54, 1.807) is 12.1 Å². The van der Waals surface area contributed by atoms with Crippen molar-refractivity contribution in [2.24, 2.45) is 0 Å². The number of amides is 1. The second-order valence-corrected chi connectivity index (χ2v) is 7.17. The average molecular weight is 414 g/mol. The van der Waals surface area contributed by atoms with Crippen molar-refractivity contribution in [3.8, 4) is 0 Å². The molecule has 25 heavy (non-hydrogen) atoms. The first kappa shape index (κ1) is 16.7. The van der Waals surface area contributed by atoms with E-state index in [4.69, 9.17) is 13.7 Å². The van der Waals surface area contributed by atoms with Gasteiger partial charge in [-0.3, -0.25) is 4.79 Å². The maximum absolute atomic E-state index is 15.3. The number of nitrogens with zero attached hydrogens (tertiary/aromatic N) is 3. The fourth-order valence-electron chi connectivity index (χ4n) is 3.24. The molecule has 4 rings (SSSR count). The number of carbonyl (C=O) groups is 1. The molecule has 0 bridgehead atoms. The van der Waals surface area contributed by atoms with E-state index in [9.17, 15) is 4.79 Å². The highest BCUT2D eigenvalue weighted by Gasteiger charge is 2.47. The number of alkyl halides is 1. The van der Waals surface area contributed by atoms with Crippen molar-refractivity contribution in [1.29, 1.82) is 0 Å². The van der Waals surface area contributed by atoms with Gasteiger partial charge in [0.05, 0.1) is 6.54 Å². The second-order valence-electron chi connectivity index (χ2n) is 6.39. The number of halogens is 2. The summed E-state index contributed by atoms with van der Waals surface area (Å²) < 4.78 is 31.5. The van der Waals surface area contributed by atoms with Crippen molar-refractivity contribution in [2.75, 3.05) is 26.3 Å². The van der Waals surface area contributed by atoms with Crippen LogP contribution in [0.2, 0.25) is 0 Å². The molecule has 0 aliphatic carbocycles. The molecule has 0 aromatic carbocycles. The zero-order valence-electron chi connectivity index (χ0n) is 13.4. The van der Waals surface area contributed by atoms with E-state index in [0.29, 0.717) is 23.7 Å². The van der Waals surface area contributed by atoms with Gasteiger partial charge in [0.2, 0.25) is 5.67 Å². The molecule has 4 heterocycles. The zero-order chi connectivity index (χ0) is 17.4. The molecule has 0 N–H and O–H groups in total. The highest BCUT2D eigenvalue weighted by atomic mass is 79.9. The summed E-state index contributed by atoms with van der Waals surface area (Å²) in [6, 6.07) is 3.19. The van der Waals surface area contributed by atoms with Crippen LogP contribution in [0.3, 0.4) is 0 Å². The van der Waals surface area contributed by atoms with Crippen LogP contribution in [0.15, 0.2) is 25.7 Å². The minimum atomic E-state index is -1.82. The summed E-state index contributed by atoms with van der Waals surface area (Å²) >= 11 is 3.16. The van der Waals surface area contributed by atoms with Crippen LogP contribution in [0.5, 0.6) is 0 Å². The molecular weight excluding hydrogens is 397 g/mol. The summed E-state index contributed by atoms with van der Waals surface area (Å²) in [6.45, 7) is 1.44. The molecule has 134 valence electrons. The Labute approximate surface area is 151 Å². The molecule has 2 aliphatic heterocycles. The van der Waals surface area contributed by atoms with Gasteiger partial charge in [-0.05, 0) is 40.9 Å². The monoisotopic (exact) mass is 413 g/mol. The van der Waals surface area contributed by atoms with Crippen molar-refractivity contribution in [3.63, 3.8) is 0 Å². The largest absolute Gasteiger partial charge is 0.444 e. The molecule has 1 amide bonds. The fraction of sp³-hybridized carbons (Fsp3) is 0.562. The van der Waals surface area contributed by atoms with Gasteiger partial charge in [0.15, 0.2) is 16.3 Å². The molecule has 9 heteroatoms. The molecule has 2 aliphatic rings. The molecule has 2 aromatic heterocycles. The number of likely N-dealkylation sites (tertiary alicyclic amines) is 1. The molecule has 2 saturated heterocycles. The number of ether oxygens (including phenoxy) is 1. The number of furan rings is 1. The molecular formula is C16H17BrFN3O4. The summed E-state index contributed by atoms with van der Waals surface area (Å²) in [6.07, 6.45) is 1.72. The van der Waals surface area contributed by atoms with Gasteiger partial charge in [-0.25, -0.2) is 4.39 Å². The van der Waals surface area contributed by atoms with Gasteiger partial charge in [-0.15, -0.1) is 0 Å². The maximum atomic E-state index is 15.3. The lowest BCUT2D eigenvalue weighted by Gasteiger charge is -2.19. The van der Waals surface area contributed by atoms with Crippen LogP contribution in [-0.4, -0.2) is 47.3 Å². The van der Waals surface area contributed by atoms with Crippen molar-refractivity contribution in [2.45, 2.75) is 30.8 Å². The van der Waals surface area contributed by atoms with Crippen LogP contribution >= 0.6 is 15.9 Å². The lowest BCUT2D eigenvalue weighted by atomic mass is 9.99. The Hall–Kier alpha value is -1.74. The van der Waals surface area contributed by atoms with Crippen molar-refractivity contribution in [1.82, 2.24) is 15.0 Å². The number of hydrogen-bond donors (Lipinski definition) is 0. The molecule has 0 saturated carbocycles. The number of hydrogen-bond acceptors (Lipinski definition) is 6. The molecule has 0 radical (unpaired) electrons. The number of rotatable bonds is 3. The maximum Gasteiger partial charge on any atom is 0.289 e. The summed E-state index contributed by atoms with van der Waals surface area (Å²) in [5.41, 5.74) is -1.82. The SMILES string of the molecule is O=C(c1ccc(Br)o1)N1CCC(F)(c2nc(C3CCOCC3)no2)C1. The smallest absolute Gasteiger partial charge is 0.289 e. The van der Waals surface area contributed by atoms with E-state index >= 15 is 4.39 Å². The highest BCUT2D eigenvalue weighted by molar-refractivity contribution is 9.10. The van der Waals surface area contributed by atoms with E-state index in [0.717, 1.165) is 12.8 Å². The number of aromatic nitrogens is 2. The first-order valence-corrected chi connectivity index (χ1v) is 9.00. The quantitative estimate of drug-likeness (QED) is 0.768. The van der Waals surface area contributed by atoms with Crippen molar-refractivity contribution < 1.29 is 22.9 Å². The summed E-state index contributed by atoms with van der Waals surface area (Å²) in [5, 5.41) is 3.95. The number of carbonyl (C=O) groups excluding carboxylic acids is 1. The third-order valence-electron chi connectivity index (χ3n) is 4.70. The zero-order valence-corrected chi connectivity index (χ0v) is 15.0. The average Bonchev–Trinajstić information content (AvgIpc) is 3.35. The van der Waals surface area contributed by atoms with E-state index in [2.05, 4.69) is 26.1 Å². The summed E-state index contributed by atoms with van der Waals surface area (Å²) in [4.78, 5) is 18.1. The van der Waals surface area contributed by atoms with Crippen LogP contribution < -0.4 is 0 Å². The molecule has 1 unspecified atom stereocenters. The summed E-state index contributed by atoms with van der Waals surface area (Å²) in [7, 11) is 0. The third kappa shape index (κ3) is 3.22. The van der Waals surface area contributed by atoms with Crippen LogP contribution in [-0.2, 0) is 10.4 Å². The van der Waals surface area contributed by atoms with Crippen molar-refractivity contribution in [3.05, 3.63) is 34.3 Å². The predicted octanol–water partition coefficient (Wildman–Crippen LogP) is 3.03. The van der Waals surface area contributed by atoms with E-state index < -0.39 is 5.67 Å². The van der Waals surface area contributed by atoms with Crippen LogP contribution in [0.4, 0.5) is 4.39 Å². The normalized spacial score (nSPS) is 24.8. The fourth-order valence-corrected chi connectivity index (χ4v) is 3.55. The van der Waals surface area contributed by atoms with E-state index in [-0.39, 0.29) is 43.0 Å².